The van der Waals surface area contributed by atoms with E-state index in [4.69, 9.17) is 32.4 Å². The molecule has 0 aliphatic heterocycles. The molecule has 1 N–H and O–H groups in total. The van der Waals surface area contributed by atoms with Crippen molar-refractivity contribution in [3.05, 3.63) is 79.1 Å². The molecule has 1 amide bonds. The first kappa shape index (κ1) is 20.9. The van der Waals surface area contributed by atoms with Crippen molar-refractivity contribution < 1.29 is 13.9 Å². The maximum Gasteiger partial charge on any atom is 0.411 e. The molecule has 0 aliphatic carbocycles. The van der Waals surface area contributed by atoms with Gasteiger partial charge in [0.05, 0.1) is 35.4 Å². The van der Waals surface area contributed by atoms with Crippen molar-refractivity contribution in [2.45, 2.75) is 13.5 Å². The number of hydrogen-bond acceptors (Lipinski definition) is 6. The predicted octanol–water partition coefficient (Wildman–Crippen LogP) is 4.43. The Bertz CT molecular complexity index is 1450. The number of hydrogen-bond donors (Lipinski definition) is 1. The Labute approximate surface area is 185 Å². The Balaban J connectivity index is 1.76. The molecule has 2 aromatic carbocycles. The fourth-order valence-electron chi connectivity index (χ4n) is 3.21. The largest absolute Gasteiger partial charge is 0.450 e. The number of rotatable bonds is 4. The summed E-state index contributed by atoms with van der Waals surface area (Å²) in [5, 5.41) is 4.02. The zero-order chi connectivity index (χ0) is 22.1. The Kier molecular flexibility index (Phi) is 5.67. The molecule has 2 aromatic heterocycles. The smallest absolute Gasteiger partial charge is 0.411 e. The molecule has 10 heteroatoms. The predicted molar refractivity (Wildman–Crippen MR) is 118 cm³/mol. The third-order valence-electron chi connectivity index (χ3n) is 4.54. The average molecular weight is 460 g/mol. The lowest BCUT2D eigenvalue weighted by Crippen LogP contribution is -2.22. The van der Waals surface area contributed by atoms with Crippen molar-refractivity contribution in [3.63, 3.8) is 0 Å². The molecule has 0 saturated carbocycles. The van der Waals surface area contributed by atoms with Gasteiger partial charge in [-0.1, -0.05) is 23.2 Å². The average Bonchev–Trinajstić information content (AvgIpc) is 2.70. The number of nitrogens with zero attached hydrogens (tertiary/aromatic N) is 2. The second-order valence-electron chi connectivity index (χ2n) is 6.61. The van der Waals surface area contributed by atoms with Crippen LogP contribution in [-0.2, 0) is 11.3 Å². The molecule has 0 spiro atoms. The Morgan fingerprint density at radius 3 is 2.74 bits per heavy atom. The highest BCUT2D eigenvalue weighted by molar-refractivity contribution is 6.38. The highest BCUT2D eigenvalue weighted by Gasteiger charge is 2.13. The molecule has 31 heavy (non-hydrogen) atoms. The number of carbonyl (C=O) groups is 1. The van der Waals surface area contributed by atoms with E-state index >= 15 is 0 Å². The number of carbonyl (C=O) groups excluding carboxylic acids is 1. The zero-order valence-corrected chi connectivity index (χ0v) is 17.7. The maximum atomic E-state index is 12.9. The fourth-order valence-corrected chi connectivity index (χ4v) is 3.76. The van der Waals surface area contributed by atoms with Gasteiger partial charge in [-0.2, -0.15) is 0 Å². The minimum atomic E-state index is -0.619. The number of fused-ring (bicyclic) bond motifs is 2. The lowest BCUT2D eigenvalue weighted by Gasteiger charge is -2.11. The summed E-state index contributed by atoms with van der Waals surface area (Å²) < 4.78 is 11.5. The first-order valence-corrected chi connectivity index (χ1v) is 9.96. The summed E-state index contributed by atoms with van der Waals surface area (Å²) in [5.74, 6) is 0. The molecule has 0 unspecified atom stereocenters. The molecular formula is C21H15Cl2N3O5. The summed E-state index contributed by atoms with van der Waals surface area (Å²) in [4.78, 5) is 40.9. The van der Waals surface area contributed by atoms with Crippen LogP contribution in [0.15, 0.2) is 56.7 Å². The Morgan fingerprint density at radius 2 is 1.97 bits per heavy atom. The molecular weight excluding hydrogens is 445 g/mol. The van der Waals surface area contributed by atoms with Crippen LogP contribution < -0.4 is 16.5 Å². The van der Waals surface area contributed by atoms with Crippen molar-refractivity contribution in [2.75, 3.05) is 11.9 Å². The lowest BCUT2D eigenvalue weighted by molar-refractivity contribution is 0.168. The molecule has 0 fully saturated rings. The highest BCUT2D eigenvalue weighted by atomic mass is 35.5. The van der Waals surface area contributed by atoms with Gasteiger partial charge in [-0.25, -0.2) is 14.6 Å². The number of ether oxygens (including phenoxy) is 1. The number of aromatic nitrogens is 2. The minimum Gasteiger partial charge on any atom is -0.450 e. The van der Waals surface area contributed by atoms with Gasteiger partial charge in [0.25, 0.3) is 5.56 Å². The number of benzene rings is 2. The molecule has 0 radical (unpaired) electrons. The summed E-state index contributed by atoms with van der Waals surface area (Å²) in [6.07, 6.45) is 0.744. The first-order valence-electron chi connectivity index (χ1n) is 9.20. The van der Waals surface area contributed by atoms with Crippen molar-refractivity contribution in [1.82, 2.24) is 9.55 Å². The number of amides is 1. The fraction of sp³-hybridized carbons (Fsp3) is 0.143. The topological polar surface area (TPSA) is 103 Å². The van der Waals surface area contributed by atoms with Gasteiger partial charge in [0.15, 0.2) is 0 Å². The third kappa shape index (κ3) is 4.26. The second kappa shape index (κ2) is 8.41. The van der Waals surface area contributed by atoms with Crippen LogP contribution in [0.25, 0.3) is 21.9 Å². The van der Waals surface area contributed by atoms with E-state index in [1.54, 1.807) is 19.1 Å². The molecule has 8 nitrogen and oxygen atoms in total. The van der Waals surface area contributed by atoms with E-state index in [1.165, 1.54) is 35.2 Å². The van der Waals surface area contributed by atoms with Crippen LogP contribution >= 0.6 is 23.2 Å². The van der Waals surface area contributed by atoms with Crippen LogP contribution in [0.4, 0.5) is 10.5 Å². The van der Waals surface area contributed by atoms with E-state index in [9.17, 15) is 14.4 Å². The summed E-state index contributed by atoms with van der Waals surface area (Å²) in [6, 6.07) is 9.16. The molecule has 4 rings (SSSR count). The standard InChI is InChI=1S/C21H15Cl2N3O5/c1-2-30-21(29)25-13-3-4-14-11(5-18(27)31-17(14)8-13)9-26-10-24-19-15(20(26)28)6-12(22)7-16(19)23/h3-8,10H,2,9H2,1H3,(H,25,29). The highest BCUT2D eigenvalue weighted by Crippen LogP contribution is 2.25. The maximum absolute atomic E-state index is 12.9. The van der Waals surface area contributed by atoms with E-state index in [1.807, 2.05) is 0 Å². The monoisotopic (exact) mass is 459 g/mol. The van der Waals surface area contributed by atoms with Gasteiger partial charge in [0.2, 0.25) is 0 Å². The van der Waals surface area contributed by atoms with Crippen LogP contribution in [0.5, 0.6) is 0 Å². The SMILES string of the molecule is CCOC(=O)Nc1ccc2c(Cn3cnc4c(Cl)cc(Cl)cc4c3=O)cc(=O)oc2c1. The van der Waals surface area contributed by atoms with Crippen molar-refractivity contribution >= 4 is 56.9 Å². The van der Waals surface area contributed by atoms with E-state index in [0.717, 1.165) is 0 Å². The third-order valence-corrected chi connectivity index (χ3v) is 5.04. The number of nitrogens with one attached hydrogen (secondary N) is 1. The molecule has 4 aromatic rings. The number of halogens is 2. The van der Waals surface area contributed by atoms with Crippen LogP contribution in [0.3, 0.4) is 0 Å². The van der Waals surface area contributed by atoms with Crippen molar-refractivity contribution in [2.24, 2.45) is 0 Å². The van der Waals surface area contributed by atoms with Gasteiger partial charge >= 0.3 is 11.7 Å². The second-order valence-corrected chi connectivity index (χ2v) is 7.45. The van der Waals surface area contributed by atoms with Crippen molar-refractivity contribution in [1.29, 1.82) is 0 Å². The van der Waals surface area contributed by atoms with Gasteiger partial charge in [-0.15, -0.1) is 0 Å². The summed E-state index contributed by atoms with van der Waals surface area (Å²) in [7, 11) is 0. The van der Waals surface area contributed by atoms with Gasteiger partial charge < -0.3 is 9.15 Å². The van der Waals surface area contributed by atoms with Crippen LogP contribution in [0.1, 0.15) is 12.5 Å². The van der Waals surface area contributed by atoms with Gasteiger partial charge in [0, 0.05) is 28.2 Å². The van der Waals surface area contributed by atoms with Gasteiger partial charge in [-0.05, 0) is 36.8 Å². The summed E-state index contributed by atoms with van der Waals surface area (Å²) in [5.41, 5.74) is 0.606. The van der Waals surface area contributed by atoms with E-state index in [-0.39, 0.29) is 34.7 Å². The van der Waals surface area contributed by atoms with E-state index in [2.05, 4.69) is 10.3 Å². The molecule has 0 aliphatic rings. The van der Waals surface area contributed by atoms with Crippen LogP contribution in [0, 0.1) is 0 Å². The minimum absolute atomic E-state index is 0.0681. The molecule has 2 heterocycles. The van der Waals surface area contributed by atoms with Gasteiger partial charge in [0.1, 0.15) is 5.58 Å². The van der Waals surface area contributed by atoms with Crippen LogP contribution in [-0.4, -0.2) is 22.3 Å². The zero-order valence-electron chi connectivity index (χ0n) is 16.1. The Morgan fingerprint density at radius 1 is 1.16 bits per heavy atom. The lowest BCUT2D eigenvalue weighted by atomic mass is 10.1. The van der Waals surface area contributed by atoms with Crippen molar-refractivity contribution in [3.8, 4) is 0 Å². The molecule has 0 saturated heterocycles. The molecule has 0 bridgehead atoms. The van der Waals surface area contributed by atoms with Gasteiger partial charge in [-0.3, -0.25) is 14.7 Å². The quantitative estimate of drug-likeness (QED) is 0.452. The van der Waals surface area contributed by atoms with E-state index < -0.39 is 11.7 Å². The molecule has 0 atom stereocenters. The summed E-state index contributed by atoms with van der Waals surface area (Å²) in [6.45, 7) is 1.99. The summed E-state index contributed by atoms with van der Waals surface area (Å²) >= 11 is 12.2. The Hall–Kier alpha value is -3.36. The molecule has 158 valence electrons. The van der Waals surface area contributed by atoms with E-state index in [0.29, 0.717) is 27.2 Å². The number of anilines is 1. The first-order chi connectivity index (χ1) is 14.9. The van der Waals surface area contributed by atoms with Crippen LogP contribution in [0.2, 0.25) is 10.0 Å². The normalized spacial score (nSPS) is 11.1.